The fourth-order valence-electron chi connectivity index (χ4n) is 5.69. The van der Waals surface area contributed by atoms with Crippen LogP contribution in [0, 0.1) is 23.0 Å². The lowest BCUT2D eigenvalue weighted by atomic mass is 9.92. The van der Waals surface area contributed by atoms with E-state index in [1.165, 1.54) is 13.2 Å². The summed E-state index contributed by atoms with van der Waals surface area (Å²) >= 11 is 0.686. The van der Waals surface area contributed by atoms with E-state index in [9.17, 15) is 27.6 Å². The number of fused-ring (bicyclic) bond motifs is 2. The number of benzene rings is 2. The molecule has 43 heavy (non-hydrogen) atoms. The number of halogens is 5. The summed E-state index contributed by atoms with van der Waals surface area (Å²) in [7, 11) is 2.84. The number of methoxy groups -OCH3 is 1. The molecule has 5 rings (SSSR count). The molecule has 4 aromatic rings. The molecule has 0 bridgehead atoms. The van der Waals surface area contributed by atoms with Gasteiger partial charge in [0.15, 0.2) is 5.82 Å². The molecular weight excluding hydrogens is 591 g/mol. The van der Waals surface area contributed by atoms with Crippen LogP contribution in [-0.2, 0) is 11.0 Å². The van der Waals surface area contributed by atoms with Crippen LogP contribution in [0.4, 0.5) is 32.8 Å². The van der Waals surface area contributed by atoms with Crippen LogP contribution in [-0.4, -0.2) is 53.6 Å². The van der Waals surface area contributed by atoms with E-state index < -0.39 is 34.5 Å². The Morgan fingerprint density at radius 3 is 2.65 bits per heavy atom. The number of nitrogen functional groups attached to an aromatic ring is 1. The minimum absolute atomic E-state index is 0.0308. The maximum atomic E-state index is 16.6. The van der Waals surface area contributed by atoms with E-state index in [2.05, 4.69) is 9.97 Å². The maximum absolute atomic E-state index is 16.6. The lowest BCUT2D eigenvalue weighted by Gasteiger charge is -2.32. The van der Waals surface area contributed by atoms with Crippen molar-refractivity contribution in [2.24, 2.45) is 0 Å². The molecule has 2 atom stereocenters. The lowest BCUT2D eigenvalue weighted by Crippen LogP contribution is -2.43. The molecule has 0 aliphatic carbocycles. The largest absolute Gasteiger partial charge is 0.467 e. The zero-order chi connectivity index (χ0) is 31.4. The quantitative estimate of drug-likeness (QED) is 0.208. The third-order valence-corrected chi connectivity index (χ3v) is 8.74. The average Bonchev–Trinajstić information content (AvgIpc) is 3.52. The summed E-state index contributed by atoms with van der Waals surface area (Å²) in [6.45, 7) is 3.93. The van der Waals surface area contributed by atoms with Gasteiger partial charge in [0.1, 0.15) is 28.2 Å². The van der Waals surface area contributed by atoms with Gasteiger partial charge in [-0.1, -0.05) is 12.1 Å². The zero-order valence-corrected chi connectivity index (χ0v) is 24.2. The van der Waals surface area contributed by atoms with Gasteiger partial charge < -0.3 is 20.3 Å². The number of ether oxygens (including phenoxy) is 1. The Kier molecular flexibility index (Phi) is 7.64. The van der Waals surface area contributed by atoms with E-state index in [0.717, 1.165) is 18.2 Å². The van der Waals surface area contributed by atoms with Crippen LogP contribution in [0.25, 0.3) is 32.1 Å². The van der Waals surface area contributed by atoms with Gasteiger partial charge >= 0.3 is 12.2 Å². The van der Waals surface area contributed by atoms with Gasteiger partial charge in [-0.05, 0) is 44.0 Å². The van der Waals surface area contributed by atoms with Gasteiger partial charge in [-0.15, -0.1) is 11.3 Å². The first-order chi connectivity index (χ1) is 20.3. The summed E-state index contributed by atoms with van der Waals surface area (Å²) in [6.07, 6.45) is -1.55. The highest BCUT2D eigenvalue weighted by atomic mass is 32.1. The average molecular weight is 617 g/mol. The molecule has 0 saturated carbocycles. The Hall–Kier alpha value is -4.51. The smallest absolute Gasteiger partial charge is 0.417 e. The number of carbonyl (C=O) groups excluding carboxylic acids is 1. The SMILES string of the molecule is C/C=C\C(=O)N1CCC(N(C)c2nc(OC)nc3c(F)c(-c4ccc(F)c5sc(N)c(C#N)c45)c(C(F)(F)F)cc23)C1C. The normalized spacial score (nSPS) is 17.3. The number of rotatable bonds is 5. The van der Waals surface area contributed by atoms with Gasteiger partial charge in [-0.2, -0.15) is 28.4 Å². The minimum atomic E-state index is -5.08. The number of anilines is 2. The Morgan fingerprint density at radius 1 is 1.30 bits per heavy atom. The van der Waals surface area contributed by atoms with Crippen LogP contribution in [0.5, 0.6) is 6.01 Å². The first kappa shape index (κ1) is 30.0. The number of likely N-dealkylation sites (tertiary alicyclic amines) is 1. The molecule has 0 radical (unpaired) electrons. The summed E-state index contributed by atoms with van der Waals surface area (Å²) in [5, 5.41) is 9.10. The van der Waals surface area contributed by atoms with Gasteiger partial charge in [0.25, 0.3) is 0 Å². The fourth-order valence-corrected chi connectivity index (χ4v) is 6.64. The molecular formula is C29H25F5N6O2S. The number of nitrogens with two attached hydrogens (primary N) is 1. The molecule has 2 unspecified atom stereocenters. The third-order valence-electron chi connectivity index (χ3n) is 7.72. The summed E-state index contributed by atoms with van der Waals surface area (Å²) in [4.78, 5) is 24.2. The van der Waals surface area contributed by atoms with Gasteiger partial charge in [0, 0.05) is 36.0 Å². The molecule has 0 spiro atoms. The molecule has 8 nitrogen and oxygen atoms in total. The van der Waals surface area contributed by atoms with Crippen molar-refractivity contribution in [3.8, 4) is 23.2 Å². The third kappa shape index (κ3) is 4.87. The molecule has 14 heteroatoms. The van der Waals surface area contributed by atoms with E-state index in [0.29, 0.717) is 24.3 Å². The summed E-state index contributed by atoms with van der Waals surface area (Å²) in [5.41, 5.74) is 2.52. The van der Waals surface area contributed by atoms with Crippen LogP contribution < -0.4 is 15.4 Å². The molecule has 2 N–H and O–H groups in total. The second kappa shape index (κ2) is 11.0. The van der Waals surface area contributed by atoms with Crippen LogP contribution in [0.15, 0.2) is 30.4 Å². The Bertz CT molecular complexity index is 1850. The highest BCUT2D eigenvalue weighted by molar-refractivity contribution is 7.23. The van der Waals surface area contributed by atoms with Crippen molar-refractivity contribution in [2.45, 2.75) is 38.5 Å². The maximum Gasteiger partial charge on any atom is 0.417 e. The molecule has 1 saturated heterocycles. The van der Waals surface area contributed by atoms with E-state index in [1.54, 1.807) is 35.9 Å². The fraction of sp³-hybridized carbons (Fsp3) is 0.310. The minimum Gasteiger partial charge on any atom is -0.467 e. The number of thiophene rings is 1. The molecule has 1 amide bonds. The van der Waals surface area contributed by atoms with Crippen LogP contribution in [0.1, 0.15) is 31.4 Å². The number of alkyl halides is 3. The van der Waals surface area contributed by atoms with E-state index in [-0.39, 0.29) is 61.4 Å². The Balaban J connectivity index is 1.79. The second-order valence-corrected chi connectivity index (χ2v) is 11.1. The van der Waals surface area contributed by atoms with Crippen molar-refractivity contribution in [3.05, 3.63) is 53.1 Å². The van der Waals surface area contributed by atoms with Gasteiger partial charge in [-0.25, -0.2) is 8.78 Å². The number of nitrogens with zero attached hydrogens (tertiary/aromatic N) is 5. The standard InChI is InChI=1S/C29H25F5N6O2S/c1-5-6-20(41)40-10-9-19(13(40)2)39(3)27-15-11-17(29(32,33)34)22(23(31)24(15)37-28(38-27)42-4)14-7-8-18(30)25-21(14)16(12-35)26(36)43-25/h5-8,11,13,19H,9-10,36H2,1-4H3/b6-5-. The summed E-state index contributed by atoms with van der Waals surface area (Å²) in [6, 6.07) is 3.42. The number of amides is 1. The molecule has 1 aliphatic heterocycles. The van der Waals surface area contributed by atoms with Crippen LogP contribution >= 0.6 is 11.3 Å². The highest BCUT2D eigenvalue weighted by Crippen LogP contribution is 2.48. The van der Waals surface area contributed by atoms with Crippen molar-refractivity contribution < 1.29 is 31.5 Å². The van der Waals surface area contributed by atoms with Gasteiger partial charge in [-0.3, -0.25) is 4.79 Å². The lowest BCUT2D eigenvalue weighted by molar-refractivity contribution is -0.137. The summed E-state index contributed by atoms with van der Waals surface area (Å²) < 4.78 is 80.4. The van der Waals surface area contributed by atoms with Gasteiger partial charge in [0.2, 0.25) is 5.91 Å². The Morgan fingerprint density at radius 2 is 2.02 bits per heavy atom. The van der Waals surface area contributed by atoms with Crippen molar-refractivity contribution in [3.63, 3.8) is 0 Å². The highest BCUT2D eigenvalue weighted by Gasteiger charge is 2.40. The monoisotopic (exact) mass is 616 g/mol. The number of nitriles is 1. The van der Waals surface area contributed by atoms with E-state index in [4.69, 9.17) is 10.5 Å². The number of hydrogen-bond donors (Lipinski definition) is 1. The Labute approximate surface area is 246 Å². The predicted molar refractivity (Wildman–Crippen MR) is 154 cm³/mol. The van der Waals surface area contributed by atoms with Crippen LogP contribution in [0.2, 0.25) is 0 Å². The second-order valence-electron chi connectivity index (χ2n) is 10.0. The molecule has 1 fully saturated rings. The number of aromatic nitrogens is 2. The van der Waals surface area contributed by atoms with Crippen molar-refractivity contribution in [2.75, 3.05) is 31.3 Å². The molecule has 2 aromatic carbocycles. The molecule has 2 aromatic heterocycles. The number of carbonyl (C=O) groups is 1. The predicted octanol–water partition coefficient (Wildman–Crippen LogP) is 6.27. The number of likely N-dealkylation sites (N-methyl/N-ethyl adjacent to an activating group) is 1. The summed E-state index contributed by atoms with van der Waals surface area (Å²) in [5.74, 6) is -2.41. The van der Waals surface area contributed by atoms with Crippen molar-refractivity contribution in [1.82, 2.24) is 14.9 Å². The zero-order valence-electron chi connectivity index (χ0n) is 23.4. The van der Waals surface area contributed by atoms with Crippen molar-refractivity contribution >= 4 is 49.1 Å². The molecule has 1 aliphatic rings. The van der Waals surface area contributed by atoms with E-state index >= 15 is 4.39 Å². The number of hydrogen-bond acceptors (Lipinski definition) is 8. The topological polar surface area (TPSA) is 108 Å². The van der Waals surface area contributed by atoms with E-state index in [1.807, 2.05) is 6.92 Å². The van der Waals surface area contributed by atoms with Crippen LogP contribution in [0.3, 0.4) is 0 Å². The first-order valence-electron chi connectivity index (χ1n) is 13.1. The number of allylic oxidation sites excluding steroid dienone is 1. The molecule has 224 valence electrons. The first-order valence-corrected chi connectivity index (χ1v) is 13.9. The molecule has 3 heterocycles. The van der Waals surface area contributed by atoms with Gasteiger partial charge in [0.05, 0.1) is 29.0 Å². The van der Waals surface area contributed by atoms with Crippen molar-refractivity contribution in [1.29, 1.82) is 5.26 Å².